The highest BCUT2D eigenvalue weighted by Crippen LogP contribution is 2.27. The van der Waals surface area contributed by atoms with Crippen LogP contribution in [0, 0.1) is 0 Å². The van der Waals surface area contributed by atoms with Crippen LogP contribution in [0.2, 0.25) is 5.02 Å². The third-order valence-corrected chi connectivity index (χ3v) is 6.05. The van der Waals surface area contributed by atoms with Crippen molar-refractivity contribution in [2.24, 2.45) is 0 Å². The molecule has 10 heteroatoms. The molecule has 31 heavy (non-hydrogen) atoms. The number of amides is 1. The molecule has 0 aliphatic carbocycles. The number of benzene rings is 2. The number of nitrogens with one attached hydrogen (secondary N) is 2. The Kier molecular flexibility index (Phi) is 8.05. The summed E-state index contributed by atoms with van der Waals surface area (Å²) in [6, 6.07) is 13.3. The number of ether oxygens (including phenoxy) is 1. The summed E-state index contributed by atoms with van der Waals surface area (Å²) < 4.78 is 34.9. The van der Waals surface area contributed by atoms with Gasteiger partial charge in [-0.25, -0.2) is 18.1 Å². The quantitative estimate of drug-likeness (QED) is 0.426. The number of hydrogen-bond acceptors (Lipinski definition) is 5. The van der Waals surface area contributed by atoms with E-state index in [1.807, 2.05) is 41.1 Å². The van der Waals surface area contributed by atoms with Crippen LogP contribution in [0.5, 0.6) is 5.75 Å². The van der Waals surface area contributed by atoms with Crippen LogP contribution in [0.1, 0.15) is 12.0 Å². The van der Waals surface area contributed by atoms with Crippen molar-refractivity contribution < 1.29 is 17.9 Å². The van der Waals surface area contributed by atoms with Gasteiger partial charge in [-0.1, -0.05) is 41.9 Å². The number of halogens is 1. The lowest BCUT2D eigenvalue weighted by Gasteiger charge is -2.11. The van der Waals surface area contributed by atoms with Crippen molar-refractivity contribution in [2.75, 3.05) is 13.2 Å². The van der Waals surface area contributed by atoms with Crippen molar-refractivity contribution >= 4 is 27.5 Å². The van der Waals surface area contributed by atoms with Crippen LogP contribution in [0.4, 0.5) is 0 Å². The van der Waals surface area contributed by atoms with Crippen molar-refractivity contribution in [3.63, 3.8) is 0 Å². The first-order chi connectivity index (χ1) is 14.9. The van der Waals surface area contributed by atoms with E-state index >= 15 is 0 Å². The average molecular weight is 463 g/mol. The smallest absolute Gasteiger partial charge is 0.257 e. The van der Waals surface area contributed by atoms with Gasteiger partial charge in [-0.15, -0.1) is 0 Å². The van der Waals surface area contributed by atoms with E-state index in [9.17, 15) is 13.2 Å². The molecule has 0 atom stereocenters. The van der Waals surface area contributed by atoms with E-state index in [2.05, 4.69) is 15.0 Å². The Morgan fingerprint density at radius 2 is 1.97 bits per heavy atom. The fourth-order valence-corrected chi connectivity index (χ4v) is 4.07. The van der Waals surface area contributed by atoms with E-state index in [4.69, 9.17) is 16.3 Å². The van der Waals surface area contributed by atoms with Gasteiger partial charge in [0, 0.05) is 32.0 Å². The van der Waals surface area contributed by atoms with Gasteiger partial charge in [0.15, 0.2) is 6.61 Å². The van der Waals surface area contributed by atoms with Crippen LogP contribution in [0.3, 0.4) is 0 Å². The molecule has 0 aliphatic heterocycles. The van der Waals surface area contributed by atoms with Gasteiger partial charge in [0.1, 0.15) is 5.75 Å². The van der Waals surface area contributed by atoms with Gasteiger partial charge in [-0.2, -0.15) is 0 Å². The Bertz CT molecular complexity index is 1090. The van der Waals surface area contributed by atoms with Crippen molar-refractivity contribution in [2.45, 2.75) is 24.4 Å². The lowest BCUT2D eigenvalue weighted by molar-refractivity contribution is -0.123. The number of nitrogens with zero attached hydrogens (tertiary/aromatic N) is 2. The number of aryl methyl sites for hydroxylation is 1. The average Bonchev–Trinajstić information content (AvgIpc) is 3.29. The zero-order chi connectivity index (χ0) is 22.1. The van der Waals surface area contributed by atoms with E-state index in [-0.39, 0.29) is 34.7 Å². The molecule has 1 aromatic heterocycles. The van der Waals surface area contributed by atoms with Crippen LogP contribution in [-0.2, 0) is 27.9 Å². The first kappa shape index (κ1) is 22.8. The molecule has 0 saturated heterocycles. The SMILES string of the molecule is O=C(COc1ccc(S(=O)(=O)NCc2ccccc2)cc1Cl)NCCCn1ccnc1. The molecule has 0 unspecified atom stereocenters. The molecule has 164 valence electrons. The minimum Gasteiger partial charge on any atom is -0.482 e. The molecule has 0 spiro atoms. The van der Waals surface area contributed by atoms with Crippen molar-refractivity contribution in [3.05, 3.63) is 77.8 Å². The Hall–Kier alpha value is -2.88. The Labute approximate surface area is 186 Å². The van der Waals surface area contributed by atoms with Crippen molar-refractivity contribution in [3.8, 4) is 5.75 Å². The summed E-state index contributed by atoms with van der Waals surface area (Å²) in [6.07, 6.45) is 6.03. The van der Waals surface area contributed by atoms with Gasteiger partial charge in [-0.3, -0.25) is 4.79 Å². The Morgan fingerprint density at radius 3 is 2.68 bits per heavy atom. The number of carbonyl (C=O) groups is 1. The molecule has 0 fully saturated rings. The molecular formula is C21H23ClN4O4S. The van der Waals surface area contributed by atoms with Crippen LogP contribution in [0.25, 0.3) is 0 Å². The second kappa shape index (κ2) is 10.9. The highest BCUT2D eigenvalue weighted by molar-refractivity contribution is 7.89. The summed E-state index contributed by atoms with van der Waals surface area (Å²) in [5.74, 6) is -0.0554. The standard InChI is InChI=1S/C21H23ClN4O4S/c22-19-13-18(31(28,29)25-14-17-5-2-1-3-6-17)7-8-20(19)30-15-21(27)24-9-4-11-26-12-10-23-16-26/h1-3,5-8,10,12-13,16,25H,4,9,11,14-15H2,(H,24,27). The minimum absolute atomic E-state index is 0.0183. The summed E-state index contributed by atoms with van der Waals surface area (Å²) in [7, 11) is -3.74. The molecule has 8 nitrogen and oxygen atoms in total. The molecule has 3 aromatic rings. The zero-order valence-electron chi connectivity index (χ0n) is 16.7. The van der Waals surface area contributed by atoms with Gasteiger partial charge in [0.05, 0.1) is 16.2 Å². The summed E-state index contributed by atoms with van der Waals surface area (Å²) >= 11 is 6.16. The van der Waals surface area contributed by atoms with Gasteiger partial charge >= 0.3 is 0 Å². The maximum absolute atomic E-state index is 12.5. The van der Waals surface area contributed by atoms with Crippen LogP contribution < -0.4 is 14.8 Å². The molecule has 0 bridgehead atoms. The third kappa shape index (κ3) is 7.09. The highest BCUT2D eigenvalue weighted by atomic mass is 35.5. The highest BCUT2D eigenvalue weighted by Gasteiger charge is 2.16. The molecule has 1 heterocycles. The largest absolute Gasteiger partial charge is 0.482 e. The minimum atomic E-state index is -3.74. The number of sulfonamides is 1. The number of aromatic nitrogens is 2. The maximum Gasteiger partial charge on any atom is 0.257 e. The van der Waals surface area contributed by atoms with Crippen molar-refractivity contribution in [1.29, 1.82) is 0 Å². The van der Waals surface area contributed by atoms with E-state index in [0.29, 0.717) is 6.54 Å². The van der Waals surface area contributed by atoms with Gasteiger partial charge in [-0.05, 0) is 30.2 Å². The first-order valence-electron chi connectivity index (χ1n) is 9.62. The predicted molar refractivity (Wildman–Crippen MR) is 117 cm³/mol. The fourth-order valence-electron chi connectivity index (χ4n) is 2.73. The van der Waals surface area contributed by atoms with Gasteiger partial charge < -0.3 is 14.6 Å². The lowest BCUT2D eigenvalue weighted by Crippen LogP contribution is -2.30. The number of rotatable bonds is 11. The van der Waals surface area contributed by atoms with Crippen LogP contribution in [0.15, 0.2) is 72.1 Å². The maximum atomic E-state index is 12.5. The Morgan fingerprint density at radius 1 is 1.16 bits per heavy atom. The number of hydrogen-bond donors (Lipinski definition) is 2. The molecular weight excluding hydrogens is 440 g/mol. The van der Waals surface area contributed by atoms with Gasteiger partial charge in [0.2, 0.25) is 10.0 Å². The topological polar surface area (TPSA) is 102 Å². The van der Waals surface area contributed by atoms with E-state index in [1.165, 1.54) is 18.2 Å². The molecule has 2 aromatic carbocycles. The summed E-state index contributed by atoms with van der Waals surface area (Å²) in [5.41, 5.74) is 0.841. The number of imidazole rings is 1. The van der Waals surface area contributed by atoms with E-state index in [1.54, 1.807) is 12.5 Å². The summed E-state index contributed by atoms with van der Waals surface area (Å²) in [4.78, 5) is 15.9. The second-order valence-electron chi connectivity index (χ2n) is 6.70. The summed E-state index contributed by atoms with van der Waals surface area (Å²) in [6.45, 7) is 1.20. The zero-order valence-corrected chi connectivity index (χ0v) is 18.3. The molecule has 0 saturated carbocycles. The molecule has 2 N–H and O–H groups in total. The molecule has 1 amide bonds. The molecule has 0 radical (unpaired) electrons. The lowest BCUT2D eigenvalue weighted by atomic mass is 10.2. The normalized spacial score (nSPS) is 11.3. The summed E-state index contributed by atoms with van der Waals surface area (Å²) in [5, 5.41) is 2.86. The predicted octanol–water partition coefficient (Wildman–Crippen LogP) is 2.60. The molecule has 0 aliphatic rings. The van der Waals surface area contributed by atoms with E-state index < -0.39 is 10.0 Å². The molecule has 3 rings (SSSR count). The Balaban J connectivity index is 1.46. The number of carbonyl (C=O) groups excluding carboxylic acids is 1. The van der Waals surface area contributed by atoms with Crippen molar-refractivity contribution in [1.82, 2.24) is 19.6 Å². The third-order valence-electron chi connectivity index (χ3n) is 4.36. The fraction of sp³-hybridized carbons (Fsp3) is 0.238. The van der Waals surface area contributed by atoms with E-state index in [0.717, 1.165) is 18.5 Å². The monoisotopic (exact) mass is 462 g/mol. The van der Waals surface area contributed by atoms with Crippen LogP contribution >= 0.6 is 11.6 Å². The second-order valence-corrected chi connectivity index (χ2v) is 8.87. The van der Waals surface area contributed by atoms with Gasteiger partial charge in [0.25, 0.3) is 5.91 Å². The first-order valence-corrected chi connectivity index (χ1v) is 11.5. The van der Waals surface area contributed by atoms with Crippen LogP contribution in [-0.4, -0.2) is 37.0 Å².